The van der Waals surface area contributed by atoms with Gasteiger partial charge in [-0.05, 0) is 6.42 Å². The highest BCUT2D eigenvalue weighted by Gasteiger charge is 2.21. The summed E-state index contributed by atoms with van der Waals surface area (Å²) in [4.78, 5) is 20.0. The second-order valence-corrected chi connectivity index (χ2v) is 5.26. The molecule has 2 heterocycles. The molecule has 2 rings (SSSR count). The van der Waals surface area contributed by atoms with Crippen molar-refractivity contribution in [3.63, 3.8) is 0 Å². The Bertz CT molecular complexity index is 613. The first-order valence-electron chi connectivity index (χ1n) is 5.86. The zero-order valence-corrected chi connectivity index (χ0v) is 12.7. The first kappa shape index (κ1) is 14.7. The third-order valence-corrected chi connectivity index (χ3v) is 3.87. The molecule has 0 saturated carbocycles. The fourth-order valence-corrected chi connectivity index (χ4v) is 2.69. The van der Waals surface area contributed by atoms with Gasteiger partial charge < -0.3 is 14.6 Å². The van der Waals surface area contributed by atoms with E-state index in [9.17, 15) is 4.79 Å². The van der Waals surface area contributed by atoms with Gasteiger partial charge in [-0.2, -0.15) is 4.98 Å². The first-order valence-corrected chi connectivity index (χ1v) is 7.06. The zero-order chi connectivity index (χ0) is 14.7. The molecule has 2 aromatic heterocycles. The van der Waals surface area contributed by atoms with E-state index < -0.39 is 5.97 Å². The van der Waals surface area contributed by atoms with Gasteiger partial charge in [-0.15, -0.1) is 0 Å². The van der Waals surface area contributed by atoms with Crippen molar-refractivity contribution >= 4 is 34.0 Å². The van der Waals surface area contributed by atoms with E-state index in [4.69, 9.17) is 16.1 Å². The maximum atomic E-state index is 11.5. The summed E-state index contributed by atoms with van der Waals surface area (Å²) in [6, 6.07) is -0.167. The van der Waals surface area contributed by atoms with Crippen LogP contribution in [0, 0.1) is 6.92 Å². The lowest BCUT2D eigenvalue weighted by Gasteiger charge is -2.11. The number of hydrogen-bond donors (Lipinski definition) is 1. The van der Waals surface area contributed by atoms with E-state index in [1.54, 1.807) is 6.92 Å². The number of nitrogens with zero attached hydrogens (tertiary/aromatic N) is 3. The van der Waals surface area contributed by atoms with Crippen molar-refractivity contribution in [3.05, 3.63) is 21.7 Å². The molecule has 1 unspecified atom stereocenters. The van der Waals surface area contributed by atoms with Gasteiger partial charge in [0.25, 0.3) is 0 Å². The number of esters is 1. The number of rotatable bonds is 5. The Morgan fingerprint density at radius 1 is 1.55 bits per heavy atom. The first-order chi connectivity index (χ1) is 9.55. The summed E-state index contributed by atoms with van der Waals surface area (Å²) >= 11 is 7.03. The molecule has 2 aromatic rings. The largest absolute Gasteiger partial charge is 0.465 e. The fraction of sp³-hybridized carbons (Fsp3) is 0.455. The molecule has 0 aromatic carbocycles. The summed E-state index contributed by atoms with van der Waals surface area (Å²) < 4.78 is 9.58. The van der Waals surface area contributed by atoms with Gasteiger partial charge in [-0.3, -0.25) is 0 Å². The molecular formula is C11H13ClN4O3S. The summed E-state index contributed by atoms with van der Waals surface area (Å²) in [5.74, 6) is 0.521. The Balaban J connectivity index is 2.18. The monoisotopic (exact) mass is 316 g/mol. The number of halogens is 1. The molecule has 0 spiro atoms. The van der Waals surface area contributed by atoms with Crippen molar-refractivity contribution in [1.29, 1.82) is 0 Å². The molecule has 0 amide bonds. The van der Waals surface area contributed by atoms with Crippen molar-refractivity contribution in [3.8, 4) is 0 Å². The lowest BCUT2D eigenvalue weighted by molar-refractivity contribution is 0.0606. The topological polar surface area (TPSA) is 90.1 Å². The fourth-order valence-electron chi connectivity index (χ4n) is 1.54. The number of carbonyl (C=O) groups is 1. The zero-order valence-electron chi connectivity index (χ0n) is 11.1. The van der Waals surface area contributed by atoms with E-state index in [0.717, 1.165) is 17.8 Å². The van der Waals surface area contributed by atoms with Crippen LogP contribution in [0.4, 0.5) is 5.13 Å². The normalized spacial score (nSPS) is 12.2. The average molecular weight is 317 g/mol. The predicted molar refractivity (Wildman–Crippen MR) is 74.2 cm³/mol. The van der Waals surface area contributed by atoms with E-state index >= 15 is 0 Å². The number of thiazole rings is 1. The van der Waals surface area contributed by atoms with Gasteiger partial charge in [0, 0.05) is 6.92 Å². The minimum absolute atomic E-state index is 0.114. The molecule has 0 radical (unpaired) electrons. The van der Waals surface area contributed by atoms with Crippen LogP contribution in [0.3, 0.4) is 0 Å². The van der Waals surface area contributed by atoms with Gasteiger partial charge in [0.2, 0.25) is 5.89 Å². The van der Waals surface area contributed by atoms with Gasteiger partial charge in [-0.25, -0.2) is 9.78 Å². The second kappa shape index (κ2) is 6.19. The minimum Gasteiger partial charge on any atom is -0.465 e. The van der Waals surface area contributed by atoms with Crippen molar-refractivity contribution < 1.29 is 14.1 Å². The predicted octanol–water partition coefficient (Wildman–Crippen LogP) is 2.84. The minimum atomic E-state index is -0.510. The SMILES string of the molecule is CCC(Nc1nc(Cl)c(C(=O)OC)s1)c1noc(C)n1. The molecule has 0 fully saturated rings. The highest BCUT2D eigenvalue weighted by Crippen LogP contribution is 2.30. The third kappa shape index (κ3) is 3.07. The van der Waals surface area contributed by atoms with Crippen LogP contribution in [0.2, 0.25) is 5.15 Å². The maximum Gasteiger partial charge on any atom is 0.351 e. The van der Waals surface area contributed by atoms with Crippen LogP contribution in [0.25, 0.3) is 0 Å². The van der Waals surface area contributed by atoms with Crippen LogP contribution < -0.4 is 5.32 Å². The van der Waals surface area contributed by atoms with Crippen LogP contribution >= 0.6 is 22.9 Å². The number of anilines is 1. The summed E-state index contributed by atoms with van der Waals surface area (Å²) in [6.45, 7) is 3.69. The summed E-state index contributed by atoms with van der Waals surface area (Å²) in [6.07, 6.45) is 0.726. The quantitative estimate of drug-likeness (QED) is 0.848. The van der Waals surface area contributed by atoms with E-state index in [-0.39, 0.29) is 16.1 Å². The highest BCUT2D eigenvalue weighted by atomic mass is 35.5. The number of aromatic nitrogens is 3. The van der Waals surface area contributed by atoms with E-state index in [0.29, 0.717) is 16.8 Å². The van der Waals surface area contributed by atoms with Crippen LogP contribution in [-0.2, 0) is 4.74 Å². The molecular weight excluding hydrogens is 304 g/mol. The molecule has 0 aliphatic carbocycles. The van der Waals surface area contributed by atoms with Crippen LogP contribution in [0.1, 0.15) is 40.8 Å². The number of aryl methyl sites for hydroxylation is 1. The molecule has 20 heavy (non-hydrogen) atoms. The van der Waals surface area contributed by atoms with Crippen molar-refractivity contribution in [1.82, 2.24) is 15.1 Å². The van der Waals surface area contributed by atoms with E-state index in [2.05, 4.69) is 25.2 Å². The summed E-state index contributed by atoms with van der Waals surface area (Å²) in [5, 5.41) is 7.61. The van der Waals surface area contributed by atoms with Gasteiger partial charge >= 0.3 is 5.97 Å². The lowest BCUT2D eigenvalue weighted by atomic mass is 10.2. The van der Waals surface area contributed by atoms with Gasteiger partial charge in [-0.1, -0.05) is 35.0 Å². The Kier molecular flexibility index (Phi) is 4.56. The van der Waals surface area contributed by atoms with Crippen LogP contribution in [-0.4, -0.2) is 28.2 Å². The Morgan fingerprint density at radius 3 is 2.85 bits per heavy atom. The summed E-state index contributed by atoms with van der Waals surface area (Å²) in [7, 11) is 1.29. The molecule has 0 aliphatic rings. The summed E-state index contributed by atoms with van der Waals surface area (Å²) in [5.41, 5.74) is 0. The number of methoxy groups -OCH3 is 1. The number of carbonyl (C=O) groups excluding carboxylic acids is 1. The number of ether oxygens (including phenoxy) is 1. The smallest absolute Gasteiger partial charge is 0.351 e. The molecule has 108 valence electrons. The Labute approximate surface area is 124 Å². The lowest BCUT2D eigenvalue weighted by Crippen LogP contribution is -2.11. The molecule has 0 bridgehead atoms. The number of hydrogen-bond acceptors (Lipinski definition) is 8. The maximum absolute atomic E-state index is 11.5. The number of nitrogens with one attached hydrogen (secondary N) is 1. The van der Waals surface area contributed by atoms with Crippen molar-refractivity contribution in [2.24, 2.45) is 0 Å². The molecule has 0 saturated heterocycles. The Hall–Kier alpha value is -1.67. The Morgan fingerprint density at radius 2 is 2.30 bits per heavy atom. The van der Waals surface area contributed by atoms with Crippen LogP contribution in [0.5, 0.6) is 0 Å². The third-order valence-electron chi connectivity index (χ3n) is 2.52. The van der Waals surface area contributed by atoms with Crippen molar-refractivity contribution in [2.75, 3.05) is 12.4 Å². The standard InChI is InChI=1S/C11H13ClN4O3S/c1-4-6(9-13-5(2)19-16-9)14-11-15-8(12)7(20-11)10(17)18-3/h6H,4H2,1-3H3,(H,14,15). The van der Waals surface area contributed by atoms with Gasteiger partial charge in [0.05, 0.1) is 13.2 Å². The molecule has 9 heteroatoms. The molecule has 1 atom stereocenters. The average Bonchev–Trinajstić information content (AvgIpc) is 3.01. The highest BCUT2D eigenvalue weighted by molar-refractivity contribution is 7.18. The molecule has 7 nitrogen and oxygen atoms in total. The second-order valence-electron chi connectivity index (χ2n) is 3.91. The molecule has 1 N–H and O–H groups in total. The van der Waals surface area contributed by atoms with Crippen LogP contribution in [0.15, 0.2) is 4.52 Å². The van der Waals surface area contributed by atoms with Crippen molar-refractivity contribution in [2.45, 2.75) is 26.3 Å². The van der Waals surface area contributed by atoms with E-state index in [1.807, 2.05) is 6.92 Å². The van der Waals surface area contributed by atoms with Gasteiger partial charge in [0.15, 0.2) is 21.0 Å². The van der Waals surface area contributed by atoms with Gasteiger partial charge in [0.1, 0.15) is 0 Å². The van der Waals surface area contributed by atoms with E-state index in [1.165, 1.54) is 7.11 Å². The molecule has 0 aliphatic heterocycles.